The molecule has 1 aromatic carbocycles. The van der Waals surface area contributed by atoms with Crippen molar-refractivity contribution in [1.82, 2.24) is 9.97 Å². The van der Waals surface area contributed by atoms with Crippen LogP contribution in [0.25, 0.3) is 0 Å². The molecule has 8 heteroatoms. The van der Waals surface area contributed by atoms with Gasteiger partial charge < -0.3 is 5.32 Å². The lowest BCUT2D eigenvalue weighted by atomic mass is 10.3. The van der Waals surface area contributed by atoms with E-state index in [1.54, 1.807) is 0 Å². The van der Waals surface area contributed by atoms with Crippen molar-refractivity contribution < 1.29 is 4.39 Å². The number of hydrazine groups is 1. The number of benzene rings is 1. The highest BCUT2D eigenvalue weighted by Crippen LogP contribution is 2.29. The molecule has 1 aromatic heterocycles. The van der Waals surface area contributed by atoms with Crippen LogP contribution in [0.5, 0.6) is 0 Å². The van der Waals surface area contributed by atoms with Crippen molar-refractivity contribution in [1.29, 1.82) is 0 Å². The summed E-state index contributed by atoms with van der Waals surface area (Å²) in [5, 5.41) is 3.27. The maximum Gasteiger partial charge on any atom is 0.239 e. The Labute approximate surface area is 116 Å². The standard InChI is InChI=1S/C10H8BrClFN5/c11-6-4-15-10(18-14)17-9(6)16-8-3-5(13)1-2-7(8)12/h1-4H,14H2,(H2,15,16,17,18). The van der Waals surface area contributed by atoms with E-state index in [2.05, 4.69) is 36.6 Å². The van der Waals surface area contributed by atoms with E-state index < -0.39 is 5.82 Å². The van der Waals surface area contributed by atoms with Crippen LogP contribution in [0.15, 0.2) is 28.9 Å². The number of rotatable bonds is 3. The number of nitrogen functional groups attached to an aromatic ring is 1. The van der Waals surface area contributed by atoms with Gasteiger partial charge in [-0.2, -0.15) is 4.98 Å². The van der Waals surface area contributed by atoms with Crippen LogP contribution in [0.3, 0.4) is 0 Å². The largest absolute Gasteiger partial charge is 0.338 e. The summed E-state index contributed by atoms with van der Waals surface area (Å²) >= 11 is 9.21. The molecule has 0 atom stereocenters. The number of nitrogens with one attached hydrogen (secondary N) is 2. The summed E-state index contributed by atoms with van der Waals surface area (Å²) < 4.78 is 13.7. The van der Waals surface area contributed by atoms with Crippen molar-refractivity contribution in [3.8, 4) is 0 Å². The maximum absolute atomic E-state index is 13.1. The highest BCUT2D eigenvalue weighted by atomic mass is 79.9. The van der Waals surface area contributed by atoms with E-state index in [0.29, 0.717) is 21.0 Å². The van der Waals surface area contributed by atoms with Gasteiger partial charge in [-0.15, -0.1) is 0 Å². The Hall–Kier alpha value is -1.44. The van der Waals surface area contributed by atoms with Gasteiger partial charge in [-0.05, 0) is 34.1 Å². The van der Waals surface area contributed by atoms with Gasteiger partial charge in [-0.1, -0.05) is 11.6 Å². The second-order valence-electron chi connectivity index (χ2n) is 3.28. The van der Waals surface area contributed by atoms with E-state index in [1.165, 1.54) is 24.4 Å². The van der Waals surface area contributed by atoms with Crippen molar-refractivity contribution in [2.75, 3.05) is 10.7 Å². The summed E-state index contributed by atoms with van der Waals surface area (Å²) in [5.41, 5.74) is 2.72. The quantitative estimate of drug-likeness (QED) is 0.595. The molecule has 0 radical (unpaired) electrons. The van der Waals surface area contributed by atoms with Crippen LogP contribution < -0.4 is 16.6 Å². The van der Waals surface area contributed by atoms with Gasteiger partial charge in [0.15, 0.2) is 0 Å². The fourth-order valence-corrected chi connectivity index (χ4v) is 1.70. The number of aromatic nitrogens is 2. The first kappa shape index (κ1) is 13.0. The van der Waals surface area contributed by atoms with Crippen molar-refractivity contribution in [3.05, 3.63) is 39.7 Å². The smallest absolute Gasteiger partial charge is 0.239 e. The average molecular weight is 333 g/mol. The summed E-state index contributed by atoms with van der Waals surface area (Å²) in [6, 6.07) is 4.00. The number of nitrogens with two attached hydrogens (primary N) is 1. The van der Waals surface area contributed by atoms with Crippen LogP contribution in [0.4, 0.5) is 21.8 Å². The third kappa shape index (κ3) is 2.87. The number of nitrogens with zero attached hydrogens (tertiary/aromatic N) is 2. The average Bonchev–Trinajstić information content (AvgIpc) is 2.36. The number of hydrogen-bond acceptors (Lipinski definition) is 5. The third-order valence-corrected chi connectivity index (χ3v) is 2.96. The molecule has 5 nitrogen and oxygen atoms in total. The predicted molar refractivity (Wildman–Crippen MR) is 72.2 cm³/mol. The first-order valence-corrected chi connectivity index (χ1v) is 5.98. The second-order valence-corrected chi connectivity index (χ2v) is 4.55. The van der Waals surface area contributed by atoms with Gasteiger partial charge in [-0.3, -0.25) is 5.43 Å². The zero-order valence-corrected chi connectivity index (χ0v) is 11.3. The Bertz CT molecular complexity index is 580. The van der Waals surface area contributed by atoms with E-state index in [-0.39, 0.29) is 5.95 Å². The molecule has 0 bridgehead atoms. The van der Waals surface area contributed by atoms with Crippen LogP contribution in [-0.2, 0) is 0 Å². The van der Waals surface area contributed by atoms with Gasteiger partial charge in [0.1, 0.15) is 11.6 Å². The molecule has 0 unspecified atom stereocenters. The van der Waals surface area contributed by atoms with Gasteiger partial charge in [0, 0.05) is 6.20 Å². The molecular weight excluding hydrogens is 324 g/mol. The number of hydrogen-bond donors (Lipinski definition) is 3. The Kier molecular flexibility index (Phi) is 3.95. The minimum Gasteiger partial charge on any atom is -0.338 e. The molecule has 0 saturated heterocycles. The maximum atomic E-state index is 13.1. The van der Waals surface area contributed by atoms with Crippen LogP contribution in [0.1, 0.15) is 0 Å². The molecule has 0 aliphatic carbocycles. The lowest BCUT2D eigenvalue weighted by molar-refractivity contribution is 0.628. The summed E-state index contributed by atoms with van der Waals surface area (Å²) in [7, 11) is 0. The molecule has 0 amide bonds. The predicted octanol–water partition coefficient (Wildman–Crippen LogP) is 3.06. The van der Waals surface area contributed by atoms with Crippen molar-refractivity contribution in [3.63, 3.8) is 0 Å². The first-order valence-electron chi connectivity index (χ1n) is 4.81. The summed E-state index contributed by atoms with van der Waals surface area (Å²) in [6.45, 7) is 0. The van der Waals surface area contributed by atoms with E-state index in [4.69, 9.17) is 17.4 Å². The van der Waals surface area contributed by atoms with Gasteiger partial charge in [0.2, 0.25) is 5.95 Å². The summed E-state index contributed by atoms with van der Waals surface area (Å²) in [4.78, 5) is 7.97. The zero-order chi connectivity index (χ0) is 13.1. The normalized spacial score (nSPS) is 10.2. The van der Waals surface area contributed by atoms with Crippen LogP contribution in [0.2, 0.25) is 5.02 Å². The molecule has 94 valence electrons. The minimum absolute atomic E-state index is 0.230. The van der Waals surface area contributed by atoms with Gasteiger partial charge >= 0.3 is 0 Å². The van der Waals surface area contributed by atoms with Crippen LogP contribution >= 0.6 is 27.5 Å². The van der Waals surface area contributed by atoms with E-state index >= 15 is 0 Å². The highest BCUT2D eigenvalue weighted by molar-refractivity contribution is 9.10. The number of halogens is 3. The van der Waals surface area contributed by atoms with E-state index in [9.17, 15) is 4.39 Å². The van der Waals surface area contributed by atoms with Crippen LogP contribution in [0, 0.1) is 5.82 Å². The SMILES string of the molecule is NNc1ncc(Br)c(Nc2cc(F)ccc2Cl)n1. The van der Waals surface area contributed by atoms with Gasteiger partial charge in [0.25, 0.3) is 0 Å². The van der Waals surface area contributed by atoms with Crippen molar-refractivity contribution >= 4 is 45.0 Å². The molecule has 1 heterocycles. The topological polar surface area (TPSA) is 75.9 Å². The lowest BCUT2D eigenvalue weighted by Gasteiger charge is -2.10. The Morgan fingerprint density at radius 1 is 1.39 bits per heavy atom. The molecule has 2 rings (SSSR count). The minimum atomic E-state index is -0.399. The Morgan fingerprint density at radius 3 is 2.89 bits per heavy atom. The molecule has 0 saturated carbocycles. The molecule has 2 aromatic rings. The summed E-state index contributed by atoms with van der Waals surface area (Å²) in [6.07, 6.45) is 1.51. The third-order valence-electron chi connectivity index (χ3n) is 2.05. The molecule has 18 heavy (non-hydrogen) atoms. The molecule has 0 aliphatic rings. The fourth-order valence-electron chi connectivity index (χ4n) is 1.25. The Morgan fingerprint density at radius 2 is 2.17 bits per heavy atom. The zero-order valence-electron chi connectivity index (χ0n) is 8.92. The molecule has 0 fully saturated rings. The van der Waals surface area contributed by atoms with E-state index in [0.717, 1.165) is 0 Å². The molecular formula is C10H8BrClFN5. The second kappa shape index (κ2) is 5.47. The van der Waals surface area contributed by atoms with Crippen molar-refractivity contribution in [2.45, 2.75) is 0 Å². The van der Waals surface area contributed by atoms with E-state index in [1.807, 2.05) is 0 Å². The number of anilines is 3. The molecule has 4 N–H and O–H groups in total. The monoisotopic (exact) mass is 331 g/mol. The van der Waals surface area contributed by atoms with Gasteiger partial charge in [-0.25, -0.2) is 15.2 Å². The van der Waals surface area contributed by atoms with Crippen molar-refractivity contribution in [2.24, 2.45) is 5.84 Å². The fraction of sp³-hybridized carbons (Fsp3) is 0. The first-order chi connectivity index (χ1) is 8.60. The Balaban J connectivity index is 2.36. The summed E-state index contributed by atoms with van der Waals surface area (Å²) in [5.74, 6) is 5.46. The van der Waals surface area contributed by atoms with Gasteiger partial charge in [0.05, 0.1) is 15.2 Å². The molecule has 0 spiro atoms. The lowest BCUT2D eigenvalue weighted by Crippen LogP contribution is -2.11. The molecule has 0 aliphatic heterocycles. The van der Waals surface area contributed by atoms with Crippen LogP contribution in [-0.4, -0.2) is 9.97 Å². The highest BCUT2D eigenvalue weighted by Gasteiger charge is 2.08.